The van der Waals surface area contributed by atoms with Crippen LogP contribution in [0, 0.1) is 6.92 Å². The summed E-state index contributed by atoms with van der Waals surface area (Å²) in [4.78, 5) is 22.7. The summed E-state index contributed by atoms with van der Waals surface area (Å²) < 4.78 is 53.4. The number of benzene rings is 3. The van der Waals surface area contributed by atoms with Crippen LogP contribution in [0.2, 0.25) is 5.02 Å². The Balaban J connectivity index is 1.20. The van der Waals surface area contributed by atoms with E-state index in [1.807, 2.05) is 25.1 Å². The van der Waals surface area contributed by atoms with Gasteiger partial charge in [0.15, 0.2) is 11.0 Å². The number of aromatic nitrogens is 3. The van der Waals surface area contributed by atoms with E-state index in [0.29, 0.717) is 40.4 Å². The van der Waals surface area contributed by atoms with E-state index >= 15 is 0 Å². The molecule has 1 saturated heterocycles. The molecule has 1 aliphatic heterocycles. The maximum absolute atomic E-state index is 12.8. The predicted molar refractivity (Wildman–Crippen MR) is 163 cm³/mol. The monoisotopic (exact) mass is 662 g/mol. The molecule has 1 amide bonds. The molecule has 0 aliphatic carbocycles. The zero-order valence-corrected chi connectivity index (χ0v) is 25.4. The Morgan fingerprint density at radius 1 is 1.13 bits per heavy atom. The first-order chi connectivity index (χ1) is 21.5. The van der Waals surface area contributed by atoms with E-state index in [2.05, 4.69) is 25.1 Å². The van der Waals surface area contributed by atoms with Gasteiger partial charge in [-0.2, -0.15) is 0 Å². The van der Waals surface area contributed by atoms with Gasteiger partial charge in [-0.1, -0.05) is 35.5 Å². The van der Waals surface area contributed by atoms with Crippen LogP contribution in [0.3, 0.4) is 0 Å². The number of hydrogen-bond acceptors (Lipinski definition) is 10. The van der Waals surface area contributed by atoms with Crippen molar-refractivity contribution in [3.63, 3.8) is 0 Å². The molecule has 0 radical (unpaired) electrons. The lowest BCUT2D eigenvalue weighted by atomic mass is 10.1. The second-order valence-corrected chi connectivity index (χ2v) is 10.9. The lowest BCUT2D eigenvalue weighted by Gasteiger charge is -2.21. The van der Waals surface area contributed by atoms with Gasteiger partial charge in [0.05, 0.1) is 28.8 Å². The Morgan fingerprint density at radius 2 is 1.91 bits per heavy atom. The number of aliphatic hydroxyl groups is 1. The highest BCUT2D eigenvalue weighted by Gasteiger charge is 2.32. The highest BCUT2D eigenvalue weighted by atomic mass is 35.5. The van der Waals surface area contributed by atoms with Crippen LogP contribution in [0.25, 0.3) is 5.69 Å². The SMILES string of the molecule is COCc1ccc(C)cc1N1C(=O)CS/C1=N\C(O)Nc1ccc(OCc2ncn(-c3ccc(OC(F)(F)F)cc3)n2)c(Cl)c1. The molecule has 236 valence electrons. The van der Waals surface area contributed by atoms with Gasteiger partial charge in [0.25, 0.3) is 0 Å². The van der Waals surface area contributed by atoms with Gasteiger partial charge in [0, 0.05) is 18.4 Å². The first kappa shape index (κ1) is 32.1. The molecular weight excluding hydrogens is 637 g/mol. The Kier molecular flexibility index (Phi) is 9.82. The van der Waals surface area contributed by atoms with Crippen molar-refractivity contribution in [3.8, 4) is 17.2 Å². The van der Waals surface area contributed by atoms with Gasteiger partial charge in [-0.15, -0.1) is 18.3 Å². The summed E-state index contributed by atoms with van der Waals surface area (Å²) in [5, 5.41) is 18.4. The number of methoxy groups -OCH3 is 1. The topological polar surface area (TPSA) is 123 Å². The maximum Gasteiger partial charge on any atom is 0.573 e. The Labute approximate surface area is 264 Å². The van der Waals surface area contributed by atoms with Crippen molar-refractivity contribution in [3.05, 3.63) is 89.0 Å². The number of nitrogens with one attached hydrogen (secondary N) is 1. The van der Waals surface area contributed by atoms with Crippen molar-refractivity contribution < 1.29 is 37.3 Å². The van der Waals surface area contributed by atoms with Crippen LogP contribution < -0.4 is 19.7 Å². The summed E-state index contributed by atoms with van der Waals surface area (Å²) in [6.07, 6.45) is -4.77. The van der Waals surface area contributed by atoms with Crippen LogP contribution in [0.15, 0.2) is 72.0 Å². The molecule has 2 heterocycles. The second-order valence-electron chi connectivity index (χ2n) is 9.59. The van der Waals surface area contributed by atoms with Crippen LogP contribution in [-0.4, -0.2) is 56.5 Å². The molecule has 11 nitrogen and oxygen atoms in total. The number of alkyl halides is 3. The molecule has 1 atom stereocenters. The number of rotatable bonds is 11. The number of halogens is 4. The molecule has 16 heteroatoms. The van der Waals surface area contributed by atoms with Crippen molar-refractivity contribution in [2.24, 2.45) is 4.99 Å². The second kappa shape index (κ2) is 13.8. The van der Waals surface area contributed by atoms with E-state index in [9.17, 15) is 23.1 Å². The number of carbonyl (C=O) groups is 1. The standard InChI is InChI=1S/C29H26ClF3N6O5S/c1-17-3-4-18(13-42-2)23(11-17)39-26(40)15-45-28(39)36-27(41)35-19-5-10-24(22(30)12-19)43-14-25-34-16-38(37-25)20-6-8-21(9-7-20)44-29(31,32)33/h3-12,16,27,35,41H,13-15H2,1-2H3/b36-28-. The quantitative estimate of drug-likeness (QED) is 0.195. The minimum Gasteiger partial charge on any atom is -0.484 e. The summed E-state index contributed by atoms with van der Waals surface area (Å²) in [6, 6.07) is 15.6. The number of hydrogen-bond donors (Lipinski definition) is 2. The fraction of sp³-hybridized carbons (Fsp3) is 0.241. The lowest BCUT2D eigenvalue weighted by molar-refractivity contribution is -0.274. The maximum atomic E-state index is 12.8. The van der Waals surface area contributed by atoms with E-state index in [0.717, 1.165) is 11.1 Å². The highest BCUT2D eigenvalue weighted by molar-refractivity contribution is 8.15. The molecule has 45 heavy (non-hydrogen) atoms. The number of aryl methyl sites for hydroxylation is 1. The number of thioether (sulfide) groups is 1. The number of ether oxygens (including phenoxy) is 3. The minimum atomic E-state index is -4.78. The molecular formula is C29H26ClF3N6O5S. The lowest BCUT2D eigenvalue weighted by Crippen LogP contribution is -2.32. The average molecular weight is 663 g/mol. The van der Waals surface area contributed by atoms with Gasteiger partial charge in [0.1, 0.15) is 24.4 Å². The fourth-order valence-electron chi connectivity index (χ4n) is 4.28. The van der Waals surface area contributed by atoms with E-state index in [1.165, 1.54) is 51.9 Å². The summed E-state index contributed by atoms with van der Waals surface area (Å²) in [5.41, 5.74) is 3.33. The molecule has 0 bridgehead atoms. The highest BCUT2D eigenvalue weighted by Crippen LogP contribution is 2.32. The van der Waals surface area contributed by atoms with E-state index < -0.39 is 12.7 Å². The van der Waals surface area contributed by atoms with Crippen molar-refractivity contribution in [1.82, 2.24) is 14.8 Å². The Hall–Kier alpha value is -4.31. The van der Waals surface area contributed by atoms with Crippen LogP contribution >= 0.6 is 23.4 Å². The van der Waals surface area contributed by atoms with Gasteiger partial charge in [-0.3, -0.25) is 9.69 Å². The van der Waals surface area contributed by atoms with Gasteiger partial charge < -0.3 is 24.6 Å². The van der Waals surface area contributed by atoms with Gasteiger partial charge >= 0.3 is 6.36 Å². The number of anilines is 2. The molecule has 4 aromatic rings. The number of amides is 1. The van der Waals surface area contributed by atoms with Crippen LogP contribution in [-0.2, 0) is 22.7 Å². The number of nitrogens with zero attached hydrogens (tertiary/aromatic N) is 5. The average Bonchev–Trinajstić information content (AvgIpc) is 3.59. The Morgan fingerprint density at radius 3 is 2.62 bits per heavy atom. The van der Waals surface area contributed by atoms with Gasteiger partial charge in [-0.05, 0) is 61.0 Å². The number of amidine groups is 1. The third-order valence-electron chi connectivity index (χ3n) is 6.24. The van der Waals surface area contributed by atoms with E-state index in [-0.39, 0.29) is 29.0 Å². The normalized spacial score (nSPS) is 15.0. The molecule has 1 aromatic heterocycles. The Bertz CT molecular complexity index is 1700. The van der Waals surface area contributed by atoms with Crippen molar-refractivity contribution in [2.45, 2.75) is 32.9 Å². The smallest absolute Gasteiger partial charge is 0.484 e. The predicted octanol–water partition coefficient (Wildman–Crippen LogP) is 5.68. The van der Waals surface area contributed by atoms with Crippen LogP contribution in [0.5, 0.6) is 11.5 Å². The summed E-state index contributed by atoms with van der Waals surface area (Å²) >= 11 is 7.62. The number of aliphatic imine (C=N–C) groups is 1. The molecule has 1 aliphatic rings. The molecule has 0 spiro atoms. The zero-order valence-electron chi connectivity index (χ0n) is 23.8. The molecule has 0 saturated carbocycles. The first-order valence-electron chi connectivity index (χ1n) is 13.2. The van der Waals surface area contributed by atoms with Crippen LogP contribution in [0.1, 0.15) is 17.0 Å². The fourth-order valence-corrected chi connectivity index (χ4v) is 5.40. The summed E-state index contributed by atoms with van der Waals surface area (Å²) in [5.74, 6) is 0.286. The largest absolute Gasteiger partial charge is 0.573 e. The third-order valence-corrected chi connectivity index (χ3v) is 7.47. The molecule has 3 aromatic carbocycles. The van der Waals surface area contributed by atoms with Crippen molar-refractivity contribution in [1.29, 1.82) is 0 Å². The van der Waals surface area contributed by atoms with E-state index in [1.54, 1.807) is 25.3 Å². The minimum absolute atomic E-state index is 0.0455. The van der Waals surface area contributed by atoms with Crippen LogP contribution in [0.4, 0.5) is 24.5 Å². The van der Waals surface area contributed by atoms with Gasteiger partial charge in [-0.25, -0.2) is 14.7 Å². The summed E-state index contributed by atoms with van der Waals surface area (Å²) in [6.45, 7) is 2.18. The number of aliphatic hydroxyl groups excluding tert-OH is 1. The number of carbonyl (C=O) groups excluding carboxylic acids is 1. The third kappa shape index (κ3) is 8.25. The van der Waals surface area contributed by atoms with E-state index in [4.69, 9.17) is 21.1 Å². The molecule has 1 fully saturated rings. The summed E-state index contributed by atoms with van der Waals surface area (Å²) in [7, 11) is 1.57. The van der Waals surface area contributed by atoms with Gasteiger partial charge in [0.2, 0.25) is 12.3 Å². The van der Waals surface area contributed by atoms with Crippen molar-refractivity contribution in [2.75, 3.05) is 23.1 Å². The molecule has 5 rings (SSSR count). The van der Waals surface area contributed by atoms with Crippen molar-refractivity contribution >= 4 is 45.8 Å². The first-order valence-corrected chi connectivity index (χ1v) is 14.6. The molecule has 1 unspecified atom stereocenters. The molecule has 2 N–H and O–H groups in total. The zero-order chi connectivity index (χ0) is 32.1.